The van der Waals surface area contributed by atoms with Crippen LogP contribution in [0.5, 0.6) is 0 Å². The molecule has 3 aromatic carbocycles. The first-order valence-electron chi connectivity index (χ1n) is 9.06. The summed E-state index contributed by atoms with van der Waals surface area (Å²) in [7, 11) is 0. The molecule has 0 radical (unpaired) electrons. The number of amides is 1. The van der Waals surface area contributed by atoms with Crippen LogP contribution in [0.4, 0.5) is 0 Å². The number of hydrazone groups is 1. The maximum absolute atomic E-state index is 12.3. The van der Waals surface area contributed by atoms with Crippen LogP contribution in [0.2, 0.25) is 0 Å². The molecule has 4 rings (SSSR count). The predicted octanol–water partition coefficient (Wildman–Crippen LogP) is 5.02. The molecule has 0 heterocycles. The minimum absolute atomic E-state index is 0.0560. The van der Waals surface area contributed by atoms with Crippen LogP contribution in [0.1, 0.15) is 37.7 Å². The summed E-state index contributed by atoms with van der Waals surface area (Å²) in [6.45, 7) is 0. The highest BCUT2D eigenvalue weighted by Gasteiger charge is 2.20. The molecule has 0 atom stereocenters. The van der Waals surface area contributed by atoms with Crippen LogP contribution in [0.15, 0.2) is 59.7 Å². The summed E-state index contributed by atoms with van der Waals surface area (Å²) in [5.74, 6) is 0.177. The van der Waals surface area contributed by atoms with Gasteiger partial charge in [0.05, 0.1) is 6.21 Å². The lowest BCUT2D eigenvalue weighted by atomic mass is 9.89. The van der Waals surface area contributed by atoms with Crippen molar-refractivity contribution in [1.29, 1.82) is 0 Å². The molecule has 3 nitrogen and oxygen atoms in total. The van der Waals surface area contributed by atoms with Gasteiger partial charge in [-0.2, -0.15) is 5.10 Å². The monoisotopic (exact) mass is 330 g/mol. The number of hydrogen-bond donors (Lipinski definition) is 1. The van der Waals surface area contributed by atoms with E-state index in [0.717, 1.165) is 42.0 Å². The van der Waals surface area contributed by atoms with E-state index >= 15 is 0 Å². The van der Waals surface area contributed by atoms with E-state index in [1.165, 1.54) is 17.2 Å². The normalized spacial score (nSPS) is 15.8. The Morgan fingerprint density at radius 2 is 1.52 bits per heavy atom. The number of carbonyl (C=O) groups excluding carboxylic acids is 1. The molecule has 1 aliphatic rings. The van der Waals surface area contributed by atoms with Gasteiger partial charge in [0.25, 0.3) is 0 Å². The molecule has 0 aromatic heterocycles. The molecule has 1 saturated carbocycles. The van der Waals surface area contributed by atoms with Gasteiger partial charge in [0.15, 0.2) is 0 Å². The van der Waals surface area contributed by atoms with Crippen molar-refractivity contribution in [1.82, 2.24) is 5.43 Å². The van der Waals surface area contributed by atoms with Gasteiger partial charge >= 0.3 is 0 Å². The van der Waals surface area contributed by atoms with Gasteiger partial charge in [-0.1, -0.05) is 67.8 Å². The van der Waals surface area contributed by atoms with Gasteiger partial charge in [0.2, 0.25) is 5.91 Å². The van der Waals surface area contributed by atoms with Crippen molar-refractivity contribution < 1.29 is 4.79 Å². The third-order valence-electron chi connectivity index (χ3n) is 5.16. The minimum Gasteiger partial charge on any atom is -0.273 e. The number of nitrogens with zero attached hydrogens (tertiary/aromatic N) is 1. The highest BCUT2D eigenvalue weighted by molar-refractivity contribution is 6.13. The zero-order valence-corrected chi connectivity index (χ0v) is 14.2. The SMILES string of the molecule is O=C(N/N=C\c1c2ccccc2cc2ccccc12)C1CCCCC1. The number of carbonyl (C=O) groups is 1. The van der Waals surface area contributed by atoms with Crippen LogP contribution in [-0.2, 0) is 4.79 Å². The lowest BCUT2D eigenvalue weighted by Crippen LogP contribution is -2.28. The zero-order chi connectivity index (χ0) is 17.1. The van der Waals surface area contributed by atoms with Gasteiger partial charge in [-0.25, -0.2) is 5.43 Å². The molecule has 1 aliphatic carbocycles. The first-order chi connectivity index (χ1) is 12.3. The first kappa shape index (κ1) is 15.8. The third kappa shape index (κ3) is 3.27. The van der Waals surface area contributed by atoms with Gasteiger partial charge in [0.1, 0.15) is 0 Å². The molecule has 0 unspecified atom stereocenters. The topological polar surface area (TPSA) is 41.5 Å². The lowest BCUT2D eigenvalue weighted by Gasteiger charge is -2.19. The summed E-state index contributed by atoms with van der Waals surface area (Å²) < 4.78 is 0. The summed E-state index contributed by atoms with van der Waals surface area (Å²) >= 11 is 0. The van der Waals surface area contributed by atoms with E-state index in [4.69, 9.17) is 0 Å². The number of rotatable bonds is 3. The highest BCUT2D eigenvalue weighted by Crippen LogP contribution is 2.27. The molecule has 0 spiro atoms. The average molecular weight is 330 g/mol. The van der Waals surface area contributed by atoms with Gasteiger partial charge in [-0.15, -0.1) is 0 Å². The van der Waals surface area contributed by atoms with E-state index in [0.29, 0.717) is 0 Å². The molecule has 0 saturated heterocycles. The maximum Gasteiger partial charge on any atom is 0.243 e. The molecule has 126 valence electrons. The van der Waals surface area contributed by atoms with Crippen molar-refractivity contribution in [2.24, 2.45) is 11.0 Å². The molecule has 1 N–H and O–H groups in total. The second kappa shape index (κ2) is 7.06. The second-order valence-electron chi connectivity index (χ2n) is 6.80. The van der Waals surface area contributed by atoms with Crippen molar-refractivity contribution in [3.8, 4) is 0 Å². The molecule has 1 amide bonds. The molecule has 0 aliphatic heterocycles. The van der Waals surface area contributed by atoms with Gasteiger partial charge in [0, 0.05) is 11.5 Å². The van der Waals surface area contributed by atoms with Gasteiger partial charge < -0.3 is 0 Å². The van der Waals surface area contributed by atoms with Crippen LogP contribution in [0.25, 0.3) is 21.5 Å². The second-order valence-corrected chi connectivity index (χ2v) is 6.80. The smallest absolute Gasteiger partial charge is 0.243 e. The van der Waals surface area contributed by atoms with E-state index in [2.05, 4.69) is 40.9 Å². The molecule has 0 bridgehead atoms. The van der Waals surface area contributed by atoms with Gasteiger partial charge in [-0.3, -0.25) is 4.79 Å². The van der Waals surface area contributed by atoms with E-state index in [-0.39, 0.29) is 11.8 Å². The Morgan fingerprint density at radius 1 is 0.920 bits per heavy atom. The Hall–Kier alpha value is -2.68. The molecule has 25 heavy (non-hydrogen) atoms. The molecule has 3 heteroatoms. The Labute approximate surface area is 147 Å². The summed E-state index contributed by atoms with van der Waals surface area (Å²) in [5.41, 5.74) is 3.81. The molecular formula is C22H22N2O. The summed E-state index contributed by atoms with van der Waals surface area (Å²) in [4.78, 5) is 12.3. The minimum atomic E-state index is 0.0560. The van der Waals surface area contributed by atoms with E-state index in [1.807, 2.05) is 24.3 Å². The number of nitrogens with one attached hydrogen (secondary N) is 1. The van der Waals surface area contributed by atoms with Crippen LogP contribution < -0.4 is 5.43 Å². The van der Waals surface area contributed by atoms with Crippen LogP contribution >= 0.6 is 0 Å². The Balaban J connectivity index is 1.66. The van der Waals surface area contributed by atoms with Crippen LogP contribution in [0, 0.1) is 5.92 Å². The van der Waals surface area contributed by atoms with Crippen molar-refractivity contribution in [2.75, 3.05) is 0 Å². The zero-order valence-electron chi connectivity index (χ0n) is 14.2. The predicted molar refractivity (Wildman–Crippen MR) is 104 cm³/mol. The van der Waals surface area contributed by atoms with Gasteiger partial charge in [-0.05, 0) is 40.5 Å². The van der Waals surface area contributed by atoms with E-state index in [1.54, 1.807) is 6.21 Å². The number of benzene rings is 3. The largest absolute Gasteiger partial charge is 0.273 e. The van der Waals surface area contributed by atoms with Crippen LogP contribution in [0.3, 0.4) is 0 Å². The highest BCUT2D eigenvalue weighted by atomic mass is 16.2. The Bertz CT molecular complexity index is 885. The molecule has 3 aromatic rings. The summed E-state index contributed by atoms with van der Waals surface area (Å²) in [6.07, 6.45) is 7.31. The van der Waals surface area contributed by atoms with Crippen LogP contribution in [-0.4, -0.2) is 12.1 Å². The van der Waals surface area contributed by atoms with Crippen molar-refractivity contribution in [3.63, 3.8) is 0 Å². The van der Waals surface area contributed by atoms with Crippen molar-refractivity contribution in [2.45, 2.75) is 32.1 Å². The summed E-state index contributed by atoms with van der Waals surface area (Å²) in [5, 5.41) is 8.96. The third-order valence-corrected chi connectivity index (χ3v) is 5.16. The van der Waals surface area contributed by atoms with Crippen molar-refractivity contribution in [3.05, 3.63) is 60.2 Å². The quantitative estimate of drug-likeness (QED) is 0.409. The fourth-order valence-corrected chi connectivity index (χ4v) is 3.80. The first-order valence-corrected chi connectivity index (χ1v) is 9.06. The summed E-state index contributed by atoms with van der Waals surface area (Å²) in [6, 6.07) is 18.8. The van der Waals surface area contributed by atoms with E-state index < -0.39 is 0 Å². The fourth-order valence-electron chi connectivity index (χ4n) is 3.80. The van der Waals surface area contributed by atoms with E-state index in [9.17, 15) is 4.79 Å². The maximum atomic E-state index is 12.3. The standard InChI is InChI=1S/C22H22N2O/c25-22(16-8-2-1-3-9-16)24-23-15-21-19-12-6-4-10-17(19)14-18-11-5-7-13-20(18)21/h4-7,10-16H,1-3,8-9H2,(H,24,25)/b23-15-. The average Bonchev–Trinajstić information content (AvgIpc) is 2.68. The number of fused-ring (bicyclic) bond motifs is 2. The Morgan fingerprint density at radius 3 is 2.16 bits per heavy atom. The van der Waals surface area contributed by atoms with Crippen molar-refractivity contribution >= 4 is 33.7 Å². The Kier molecular flexibility index (Phi) is 4.47. The number of hydrogen-bond acceptors (Lipinski definition) is 2. The molecular weight excluding hydrogens is 308 g/mol. The molecule has 1 fully saturated rings. The fraction of sp³-hybridized carbons (Fsp3) is 0.273. The lowest BCUT2D eigenvalue weighted by molar-refractivity contribution is -0.125.